The molecule has 112 valence electrons. The molecule has 1 aromatic carbocycles. The van der Waals surface area contributed by atoms with E-state index in [-0.39, 0.29) is 5.91 Å². The number of nitrogens with one attached hydrogen (secondary N) is 1. The Morgan fingerprint density at radius 2 is 2.24 bits per heavy atom. The van der Waals surface area contributed by atoms with Crippen LogP contribution in [0, 0.1) is 13.8 Å². The normalized spacial score (nSPS) is 12.0. The van der Waals surface area contributed by atoms with Gasteiger partial charge in [0.15, 0.2) is 11.2 Å². The van der Waals surface area contributed by atoms with Crippen LogP contribution in [-0.2, 0) is 11.3 Å². The maximum Gasteiger partial charge on any atom is 0.261 e. The topological polar surface area (TPSA) is 77.2 Å². The number of thiazole rings is 1. The van der Waals surface area contributed by atoms with Gasteiger partial charge in [-0.25, -0.2) is 4.98 Å². The number of carbonyl (C=O) groups excluding carboxylic acids is 1. The summed E-state index contributed by atoms with van der Waals surface area (Å²) in [4.78, 5) is 16.1. The zero-order chi connectivity index (χ0) is 15.4. The Balaban J connectivity index is 1.91. The van der Waals surface area contributed by atoms with Crippen molar-refractivity contribution in [1.82, 2.24) is 10.3 Å². The van der Waals surface area contributed by atoms with E-state index in [1.807, 2.05) is 37.4 Å². The van der Waals surface area contributed by atoms with Crippen molar-refractivity contribution in [2.45, 2.75) is 33.4 Å². The fourth-order valence-corrected chi connectivity index (χ4v) is 2.37. The Morgan fingerprint density at radius 1 is 1.48 bits per heavy atom. The lowest BCUT2D eigenvalue weighted by molar-refractivity contribution is -0.127. The Labute approximate surface area is 128 Å². The summed E-state index contributed by atoms with van der Waals surface area (Å²) >= 11 is 1.35. The first-order valence-corrected chi connectivity index (χ1v) is 7.55. The minimum absolute atomic E-state index is 0.178. The number of anilines is 1. The summed E-state index contributed by atoms with van der Waals surface area (Å²) in [6.45, 7) is 6.03. The van der Waals surface area contributed by atoms with E-state index in [1.165, 1.54) is 11.3 Å². The largest absolute Gasteiger partial charge is 0.481 e. The number of carbonyl (C=O) groups is 1. The van der Waals surface area contributed by atoms with Gasteiger partial charge in [-0.15, -0.1) is 11.3 Å². The molecule has 1 amide bonds. The van der Waals surface area contributed by atoms with E-state index in [0.717, 1.165) is 22.6 Å². The average molecular weight is 305 g/mol. The lowest BCUT2D eigenvalue weighted by Gasteiger charge is -2.16. The molecule has 0 aliphatic rings. The highest BCUT2D eigenvalue weighted by atomic mass is 32.1. The standard InChI is InChI=1S/C15H19N3O2S/c1-9-4-5-10(2)13(6-9)20-11(3)14(19)17-7-12-8-21-15(16)18-12/h4-6,8,11H,7H2,1-3H3,(H2,16,18)(H,17,19). The first kappa shape index (κ1) is 15.3. The highest BCUT2D eigenvalue weighted by Gasteiger charge is 2.15. The summed E-state index contributed by atoms with van der Waals surface area (Å²) < 4.78 is 5.73. The molecule has 0 saturated heterocycles. The molecule has 0 radical (unpaired) electrons. The van der Waals surface area contributed by atoms with Crippen LogP contribution in [0.3, 0.4) is 0 Å². The Kier molecular flexibility index (Phi) is 4.80. The molecule has 0 saturated carbocycles. The SMILES string of the molecule is Cc1ccc(C)c(OC(C)C(=O)NCc2csc(N)n2)c1. The highest BCUT2D eigenvalue weighted by Crippen LogP contribution is 2.20. The van der Waals surface area contributed by atoms with E-state index in [9.17, 15) is 4.79 Å². The van der Waals surface area contributed by atoms with Crippen molar-refractivity contribution in [3.8, 4) is 5.75 Å². The third kappa shape index (κ3) is 4.19. The van der Waals surface area contributed by atoms with Gasteiger partial charge in [-0.2, -0.15) is 0 Å². The molecule has 0 bridgehead atoms. The number of aromatic nitrogens is 1. The van der Waals surface area contributed by atoms with E-state index in [1.54, 1.807) is 6.92 Å². The van der Waals surface area contributed by atoms with Crippen LogP contribution in [0.1, 0.15) is 23.7 Å². The van der Waals surface area contributed by atoms with E-state index in [2.05, 4.69) is 10.3 Å². The minimum Gasteiger partial charge on any atom is -0.481 e. The summed E-state index contributed by atoms with van der Waals surface area (Å²) in [5.74, 6) is 0.554. The smallest absolute Gasteiger partial charge is 0.261 e. The molecular weight excluding hydrogens is 286 g/mol. The van der Waals surface area contributed by atoms with Gasteiger partial charge in [0.05, 0.1) is 12.2 Å². The molecular formula is C15H19N3O2S. The first-order valence-electron chi connectivity index (χ1n) is 6.67. The van der Waals surface area contributed by atoms with Crippen LogP contribution in [0.5, 0.6) is 5.75 Å². The third-order valence-corrected chi connectivity index (χ3v) is 3.75. The number of aryl methyl sites for hydroxylation is 2. The molecule has 0 aliphatic heterocycles. The van der Waals surface area contributed by atoms with Gasteiger partial charge in [0.1, 0.15) is 5.75 Å². The first-order chi connectivity index (χ1) is 9.95. The average Bonchev–Trinajstić information content (AvgIpc) is 2.86. The number of nitrogens with zero attached hydrogens (tertiary/aromatic N) is 1. The van der Waals surface area contributed by atoms with Crippen LogP contribution in [0.15, 0.2) is 23.6 Å². The van der Waals surface area contributed by atoms with E-state index >= 15 is 0 Å². The number of amides is 1. The highest BCUT2D eigenvalue weighted by molar-refractivity contribution is 7.13. The van der Waals surface area contributed by atoms with Gasteiger partial charge in [0, 0.05) is 5.38 Å². The van der Waals surface area contributed by atoms with Crippen LogP contribution >= 0.6 is 11.3 Å². The van der Waals surface area contributed by atoms with Gasteiger partial charge >= 0.3 is 0 Å². The fraction of sp³-hybridized carbons (Fsp3) is 0.333. The number of rotatable bonds is 5. The van der Waals surface area contributed by atoms with Crippen molar-refractivity contribution < 1.29 is 9.53 Å². The monoisotopic (exact) mass is 305 g/mol. The van der Waals surface area contributed by atoms with Crippen molar-refractivity contribution in [3.05, 3.63) is 40.4 Å². The summed E-state index contributed by atoms with van der Waals surface area (Å²) in [5, 5.41) is 5.12. The predicted octanol–water partition coefficient (Wildman–Crippen LogP) is 2.43. The second-order valence-electron chi connectivity index (χ2n) is 4.92. The third-order valence-electron chi connectivity index (χ3n) is 3.03. The van der Waals surface area contributed by atoms with Crippen molar-refractivity contribution in [3.63, 3.8) is 0 Å². The van der Waals surface area contributed by atoms with Crippen LogP contribution in [0.2, 0.25) is 0 Å². The van der Waals surface area contributed by atoms with Crippen molar-refractivity contribution in [2.75, 3.05) is 5.73 Å². The van der Waals surface area contributed by atoms with E-state index < -0.39 is 6.10 Å². The number of nitrogen functional groups attached to an aromatic ring is 1. The number of ether oxygens (including phenoxy) is 1. The molecule has 0 aliphatic carbocycles. The molecule has 1 heterocycles. The summed E-state index contributed by atoms with van der Waals surface area (Å²) in [7, 11) is 0. The van der Waals surface area contributed by atoms with Gasteiger partial charge in [0.2, 0.25) is 0 Å². The van der Waals surface area contributed by atoms with E-state index in [4.69, 9.17) is 10.5 Å². The zero-order valence-electron chi connectivity index (χ0n) is 12.3. The van der Waals surface area contributed by atoms with Gasteiger partial charge < -0.3 is 15.8 Å². The molecule has 1 aromatic heterocycles. The second kappa shape index (κ2) is 6.58. The lowest BCUT2D eigenvalue weighted by Crippen LogP contribution is -2.36. The molecule has 1 atom stereocenters. The van der Waals surface area contributed by atoms with Gasteiger partial charge in [-0.05, 0) is 38.0 Å². The summed E-state index contributed by atoms with van der Waals surface area (Å²) in [5.41, 5.74) is 8.41. The Hall–Kier alpha value is -2.08. The minimum atomic E-state index is -0.568. The Morgan fingerprint density at radius 3 is 2.90 bits per heavy atom. The molecule has 2 rings (SSSR count). The molecule has 5 nitrogen and oxygen atoms in total. The maximum absolute atomic E-state index is 12.0. The molecule has 6 heteroatoms. The van der Waals surface area contributed by atoms with Crippen molar-refractivity contribution >= 4 is 22.4 Å². The van der Waals surface area contributed by atoms with Gasteiger partial charge in [-0.3, -0.25) is 4.79 Å². The van der Waals surface area contributed by atoms with E-state index in [0.29, 0.717) is 11.7 Å². The number of hydrogen-bond acceptors (Lipinski definition) is 5. The molecule has 2 aromatic rings. The van der Waals surface area contributed by atoms with Crippen molar-refractivity contribution in [2.24, 2.45) is 0 Å². The van der Waals surface area contributed by atoms with Gasteiger partial charge in [-0.1, -0.05) is 12.1 Å². The van der Waals surface area contributed by atoms with Crippen LogP contribution in [0.25, 0.3) is 0 Å². The quantitative estimate of drug-likeness (QED) is 0.889. The van der Waals surface area contributed by atoms with Crippen LogP contribution < -0.4 is 15.8 Å². The number of benzene rings is 1. The van der Waals surface area contributed by atoms with Crippen LogP contribution in [-0.4, -0.2) is 17.0 Å². The molecule has 21 heavy (non-hydrogen) atoms. The molecule has 0 spiro atoms. The zero-order valence-corrected chi connectivity index (χ0v) is 13.2. The lowest BCUT2D eigenvalue weighted by atomic mass is 10.1. The molecule has 0 fully saturated rings. The second-order valence-corrected chi connectivity index (χ2v) is 5.81. The fourth-order valence-electron chi connectivity index (χ4n) is 1.80. The van der Waals surface area contributed by atoms with Crippen LogP contribution in [0.4, 0.5) is 5.13 Å². The Bertz CT molecular complexity index is 640. The maximum atomic E-state index is 12.0. The number of hydrogen-bond donors (Lipinski definition) is 2. The van der Waals surface area contributed by atoms with Crippen molar-refractivity contribution in [1.29, 1.82) is 0 Å². The van der Waals surface area contributed by atoms with Gasteiger partial charge in [0.25, 0.3) is 5.91 Å². The summed E-state index contributed by atoms with van der Waals surface area (Å²) in [6.07, 6.45) is -0.568. The predicted molar refractivity (Wildman–Crippen MR) is 84.4 cm³/mol. The number of nitrogens with two attached hydrogens (primary N) is 1. The molecule has 1 unspecified atom stereocenters. The summed E-state index contributed by atoms with van der Waals surface area (Å²) in [6, 6.07) is 5.92. The molecule has 3 N–H and O–H groups in total.